The lowest BCUT2D eigenvalue weighted by molar-refractivity contribution is 0.682. The number of fused-ring (bicyclic) bond motifs is 5. The molecule has 3 rings (SSSR count). The summed E-state index contributed by atoms with van der Waals surface area (Å²) in [5.41, 5.74) is 4.74. The molecule has 1 aromatic rings. The minimum absolute atomic E-state index is 0.708. The van der Waals surface area contributed by atoms with Crippen molar-refractivity contribution in [3.8, 4) is 0 Å². The van der Waals surface area contributed by atoms with Crippen molar-refractivity contribution in [1.82, 2.24) is 4.98 Å². The summed E-state index contributed by atoms with van der Waals surface area (Å²) < 4.78 is 0. The Bertz CT molecular complexity index is 323. The van der Waals surface area contributed by atoms with Crippen LogP contribution in [0.15, 0.2) is 6.07 Å². The summed E-state index contributed by atoms with van der Waals surface area (Å²) in [6.07, 6.45) is 5.55. The lowest BCUT2D eigenvalue weighted by atomic mass is 9.97. The summed E-state index contributed by atoms with van der Waals surface area (Å²) in [4.78, 5) is 3.68. The van der Waals surface area contributed by atoms with Crippen LogP contribution in [0.3, 0.4) is 0 Å². The summed E-state index contributed by atoms with van der Waals surface area (Å²) in [6.45, 7) is 4.59. The maximum Gasteiger partial charge on any atom is 0.0216 e. The number of rotatable bonds is 2. The minimum Gasteiger partial charge on any atom is -0.362 e. The molecule has 1 N–H and O–H groups in total. The van der Waals surface area contributed by atoms with E-state index in [1.54, 1.807) is 11.3 Å². The van der Waals surface area contributed by atoms with E-state index in [0.717, 1.165) is 11.8 Å². The van der Waals surface area contributed by atoms with E-state index >= 15 is 0 Å². The highest BCUT2D eigenvalue weighted by molar-refractivity contribution is 5.40. The van der Waals surface area contributed by atoms with Crippen LogP contribution in [-0.2, 0) is 0 Å². The van der Waals surface area contributed by atoms with Crippen LogP contribution < -0.4 is 0 Å². The zero-order chi connectivity index (χ0) is 9.71. The molecule has 76 valence electrons. The molecule has 1 nitrogen and oxygen atoms in total. The van der Waals surface area contributed by atoms with Crippen LogP contribution in [0.4, 0.5) is 0 Å². The first-order valence-corrected chi connectivity index (χ1v) is 6.02. The van der Waals surface area contributed by atoms with Crippen molar-refractivity contribution in [2.24, 2.45) is 0 Å². The van der Waals surface area contributed by atoms with E-state index < -0.39 is 0 Å². The van der Waals surface area contributed by atoms with E-state index in [2.05, 4.69) is 24.9 Å². The van der Waals surface area contributed by atoms with Gasteiger partial charge in [0.25, 0.3) is 0 Å². The Morgan fingerprint density at radius 2 is 2.21 bits per heavy atom. The Morgan fingerprint density at radius 3 is 2.93 bits per heavy atom. The van der Waals surface area contributed by atoms with Gasteiger partial charge in [0.1, 0.15) is 0 Å². The normalized spacial score (nSPS) is 30.7. The average molecular weight is 189 g/mol. The Morgan fingerprint density at radius 1 is 1.43 bits per heavy atom. The fraction of sp³-hybridized carbons (Fsp3) is 0.692. The Balaban J connectivity index is 1.98. The third-order valence-corrected chi connectivity index (χ3v) is 4.33. The third kappa shape index (κ3) is 1.01. The number of hydrogen-bond acceptors (Lipinski definition) is 0. The smallest absolute Gasteiger partial charge is 0.0216 e. The van der Waals surface area contributed by atoms with Gasteiger partial charge in [-0.25, -0.2) is 0 Å². The highest BCUT2D eigenvalue weighted by Crippen LogP contribution is 2.53. The predicted molar refractivity (Wildman–Crippen MR) is 58.8 cm³/mol. The van der Waals surface area contributed by atoms with Crippen molar-refractivity contribution in [3.63, 3.8) is 0 Å². The van der Waals surface area contributed by atoms with Crippen LogP contribution in [0.2, 0.25) is 0 Å². The standard InChI is InChI=1S/C13H19N/c1-3-8(2)12-7-11-9-4-5-10(6-9)13(11)14-12/h7-10,14H,3-6H2,1-2H3. The van der Waals surface area contributed by atoms with Gasteiger partial charge in [-0.15, -0.1) is 0 Å². The molecule has 14 heavy (non-hydrogen) atoms. The van der Waals surface area contributed by atoms with E-state index in [-0.39, 0.29) is 0 Å². The molecule has 3 unspecified atom stereocenters. The molecule has 2 aliphatic rings. The van der Waals surface area contributed by atoms with Crippen molar-refractivity contribution in [2.45, 2.75) is 57.3 Å². The number of hydrogen-bond donors (Lipinski definition) is 1. The number of aromatic amines is 1. The van der Waals surface area contributed by atoms with Gasteiger partial charge in [0.2, 0.25) is 0 Å². The quantitative estimate of drug-likeness (QED) is 0.726. The zero-order valence-corrected chi connectivity index (χ0v) is 9.14. The van der Waals surface area contributed by atoms with Gasteiger partial charge in [-0.2, -0.15) is 0 Å². The van der Waals surface area contributed by atoms with Gasteiger partial charge in [-0.1, -0.05) is 13.8 Å². The van der Waals surface area contributed by atoms with Gasteiger partial charge in [0, 0.05) is 11.4 Å². The van der Waals surface area contributed by atoms with Crippen molar-refractivity contribution >= 4 is 0 Å². The molecule has 0 amide bonds. The van der Waals surface area contributed by atoms with E-state index in [0.29, 0.717) is 5.92 Å². The minimum atomic E-state index is 0.708. The maximum absolute atomic E-state index is 3.68. The second kappa shape index (κ2) is 2.88. The summed E-state index contributed by atoms with van der Waals surface area (Å²) in [6, 6.07) is 2.45. The average Bonchev–Trinajstić information content (AvgIpc) is 2.87. The molecule has 1 heteroatoms. The molecular weight excluding hydrogens is 170 g/mol. The molecule has 1 aromatic heterocycles. The topological polar surface area (TPSA) is 15.8 Å². The van der Waals surface area contributed by atoms with Crippen LogP contribution in [0.25, 0.3) is 0 Å². The van der Waals surface area contributed by atoms with Crippen molar-refractivity contribution in [3.05, 3.63) is 23.0 Å². The molecule has 0 aromatic carbocycles. The largest absolute Gasteiger partial charge is 0.362 e. The molecule has 1 heterocycles. The van der Waals surface area contributed by atoms with Crippen molar-refractivity contribution < 1.29 is 0 Å². The van der Waals surface area contributed by atoms with Crippen LogP contribution in [0, 0.1) is 0 Å². The second-order valence-corrected chi connectivity index (χ2v) is 5.11. The molecule has 0 saturated heterocycles. The van der Waals surface area contributed by atoms with Crippen LogP contribution in [0.1, 0.15) is 74.2 Å². The fourth-order valence-electron chi connectivity index (χ4n) is 3.20. The number of H-pyrrole nitrogens is 1. The first-order chi connectivity index (χ1) is 6.79. The lowest BCUT2D eigenvalue weighted by Gasteiger charge is -2.08. The monoisotopic (exact) mass is 189 g/mol. The molecular formula is C13H19N. The molecule has 1 saturated carbocycles. The Kier molecular flexibility index (Phi) is 1.77. The van der Waals surface area contributed by atoms with E-state index in [4.69, 9.17) is 0 Å². The predicted octanol–water partition coefficient (Wildman–Crippen LogP) is 3.89. The summed E-state index contributed by atoms with van der Waals surface area (Å²) >= 11 is 0. The van der Waals surface area contributed by atoms with Gasteiger partial charge in [0.05, 0.1) is 0 Å². The van der Waals surface area contributed by atoms with Crippen molar-refractivity contribution in [2.75, 3.05) is 0 Å². The molecule has 2 bridgehead atoms. The van der Waals surface area contributed by atoms with Crippen molar-refractivity contribution in [1.29, 1.82) is 0 Å². The van der Waals surface area contributed by atoms with E-state index in [1.807, 2.05) is 0 Å². The molecule has 0 aliphatic heterocycles. The summed E-state index contributed by atoms with van der Waals surface area (Å²) in [5, 5.41) is 0. The maximum atomic E-state index is 3.68. The molecule has 1 fully saturated rings. The van der Waals surface area contributed by atoms with Crippen LogP contribution in [0.5, 0.6) is 0 Å². The van der Waals surface area contributed by atoms with E-state index in [9.17, 15) is 0 Å². The molecule has 0 spiro atoms. The fourth-order valence-corrected chi connectivity index (χ4v) is 3.20. The first kappa shape index (κ1) is 8.58. The lowest BCUT2D eigenvalue weighted by Crippen LogP contribution is -1.95. The summed E-state index contributed by atoms with van der Waals surface area (Å²) in [5.74, 6) is 2.50. The second-order valence-electron chi connectivity index (χ2n) is 5.11. The van der Waals surface area contributed by atoms with Crippen LogP contribution >= 0.6 is 0 Å². The Labute approximate surface area is 85.9 Å². The first-order valence-electron chi connectivity index (χ1n) is 6.02. The highest BCUT2D eigenvalue weighted by Gasteiger charge is 2.38. The third-order valence-electron chi connectivity index (χ3n) is 4.33. The zero-order valence-electron chi connectivity index (χ0n) is 9.14. The highest BCUT2D eigenvalue weighted by atomic mass is 14.8. The van der Waals surface area contributed by atoms with Gasteiger partial charge in [-0.3, -0.25) is 0 Å². The molecule has 0 radical (unpaired) electrons. The van der Waals surface area contributed by atoms with Crippen LogP contribution in [-0.4, -0.2) is 4.98 Å². The van der Waals surface area contributed by atoms with E-state index in [1.165, 1.54) is 31.4 Å². The Hall–Kier alpha value is -0.720. The van der Waals surface area contributed by atoms with Gasteiger partial charge < -0.3 is 4.98 Å². The van der Waals surface area contributed by atoms with Gasteiger partial charge >= 0.3 is 0 Å². The molecule has 2 aliphatic carbocycles. The number of nitrogens with one attached hydrogen (secondary N) is 1. The van der Waals surface area contributed by atoms with Gasteiger partial charge in [0.15, 0.2) is 0 Å². The van der Waals surface area contributed by atoms with Gasteiger partial charge in [-0.05, 0) is 55.1 Å². The SMILES string of the molecule is CCC(C)c1cc2c([nH]1)C1CCC2C1. The summed E-state index contributed by atoms with van der Waals surface area (Å²) in [7, 11) is 0. The number of aromatic nitrogens is 1. The molecule has 3 atom stereocenters.